The average Bonchev–Trinajstić information content (AvgIpc) is 2.86. The molecule has 76 valence electrons. The minimum Gasteiger partial charge on any atom is -0.343 e. The Hall–Kier alpha value is -0.530. The van der Waals surface area contributed by atoms with Crippen molar-refractivity contribution in [1.82, 2.24) is 4.90 Å². The Labute approximate surface area is 81.3 Å². The zero-order valence-corrected chi connectivity index (χ0v) is 9.05. The number of amides is 1. The summed E-state index contributed by atoms with van der Waals surface area (Å²) in [6.07, 6.45) is 3.38. The van der Waals surface area contributed by atoms with Crippen LogP contribution in [0.25, 0.3) is 0 Å². The minimum absolute atomic E-state index is 0.382. The summed E-state index contributed by atoms with van der Waals surface area (Å²) in [6.45, 7) is 8.30. The van der Waals surface area contributed by atoms with E-state index in [1.165, 1.54) is 0 Å². The van der Waals surface area contributed by atoms with Crippen molar-refractivity contribution in [2.45, 2.75) is 40.0 Å². The van der Waals surface area contributed by atoms with Gasteiger partial charge in [0.05, 0.1) is 0 Å². The average molecular weight is 183 g/mol. The maximum Gasteiger partial charge on any atom is 0.225 e. The molecule has 0 unspecified atom stereocenters. The lowest BCUT2D eigenvalue weighted by molar-refractivity contribution is -0.132. The van der Waals surface area contributed by atoms with E-state index in [0.717, 1.165) is 32.4 Å². The molecule has 0 aromatic carbocycles. The van der Waals surface area contributed by atoms with Gasteiger partial charge in [-0.3, -0.25) is 4.79 Å². The lowest BCUT2D eigenvalue weighted by Crippen LogP contribution is -2.33. The van der Waals surface area contributed by atoms with Crippen molar-refractivity contribution < 1.29 is 4.79 Å². The smallest absolute Gasteiger partial charge is 0.225 e. The SMILES string of the molecule is CCN(CCC(C)C)C(=O)C1CC1. The fourth-order valence-electron chi connectivity index (χ4n) is 1.43. The summed E-state index contributed by atoms with van der Waals surface area (Å²) in [5, 5.41) is 0. The van der Waals surface area contributed by atoms with Crippen LogP contribution in [0.3, 0.4) is 0 Å². The fraction of sp³-hybridized carbons (Fsp3) is 0.909. The molecule has 0 saturated heterocycles. The summed E-state index contributed by atoms with van der Waals surface area (Å²) >= 11 is 0. The topological polar surface area (TPSA) is 20.3 Å². The van der Waals surface area contributed by atoms with Gasteiger partial charge in [-0.25, -0.2) is 0 Å². The Kier molecular flexibility index (Phi) is 3.76. The molecule has 13 heavy (non-hydrogen) atoms. The lowest BCUT2D eigenvalue weighted by Gasteiger charge is -2.21. The molecule has 0 heterocycles. The minimum atomic E-state index is 0.382. The van der Waals surface area contributed by atoms with Crippen molar-refractivity contribution in [3.05, 3.63) is 0 Å². The van der Waals surface area contributed by atoms with Crippen LogP contribution in [-0.4, -0.2) is 23.9 Å². The molecular weight excluding hydrogens is 162 g/mol. The molecule has 0 N–H and O–H groups in total. The van der Waals surface area contributed by atoms with Crippen molar-refractivity contribution in [2.24, 2.45) is 11.8 Å². The molecule has 0 spiro atoms. The first kappa shape index (κ1) is 10.6. The summed E-state index contributed by atoms with van der Waals surface area (Å²) < 4.78 is 0. The molecule has 1 aliphatic carbocycles. The highest BCUT2D eigenvalue weighted by Gasteiger charge is 2.32. The van der Waals surface area contributed by atoms with E-state index in [4.69, 9.17) is 0 Å². The summed E-state index contributed by atoms with van der Waals surface area (Å²) in [6, 6.07) is 0. The largest absolute Gasteiger partial charge is 0.343 e. The van der Waals surface area contributed by atoms with Crippen molar-refractivity contribution in [3.63, 3.8) is 0 Å². The predicted molar refractivity (Wildman–Crippen MR) is 54.4 cm³/mol. The highest BCUT2D eigenvalue weighted by molar-refractivity contribution is 5.80. The standard InChI is InChI=1S/C11H21NO/c1-4-12(8-7-9(2)3)11(13)10-5-6-10/h9-10H,4-8H2,1-3H3. The monoisotopic (exact) mass is 183 g/mol. The quantitative estimate of drug-likeness (QED) is 0.640. The third-order valence-corrected chi connectivity index (χ3v) is 2.60. The summed E-state index contributed by atoms with van der Waals surface area (Å²) in [4.78, 5) is 13.7. The molecule has 0 radical (unpaired) electrons. The molecule has 1 amide bonds. The van der Waals surface area contributed by atoms with Crippen molar-refractivity contribution in [3.8, 4) is 0 Å². The van der Waals surface area contributed by atoms with Gasteiger partial charge in [-0.15, -0.1) is 0 Å². The van der Waals surface area contributed by atoms with E-state index in [2.05, 4.69) is 20.8 Å². The molecule has 0 aromatic heterocycles. The Morgan fingerprint density at radius 3 is 2.46 bits per heavy atom. The van der Waals surface area contributed by atoms with Gasteiger partial charge in [0.2, 0.25) is 5.91 Å². The van der Waals surface area contributed by atoms with Crippen molar-refractivity contribution >= 4 is 5.91 Å². The molecule has 1 fully saturated rings. The van der Waals surface area contributed by atoms with Gasteiger partial charge in [0, 0.05) is 19.0 Å². The van der Waals surface area contributed by atoms with E-state index >= 15 is 0 Å². The molecule has 2 nitrogen and oxygen atoms in total. The van der Waals surface area contributed by atoms with Gasteiger partial charge in [-0.05, 0) is 32.1 Å². The molecule has 1 rings (SSSR count). The van der Waals surface area contributed by atoms with Crippen LogP contribution in [0.1, 0.15) is 40.0 Å². The van der Waals surface area contributed by atoms with Crippen LogP contribution in [0.15, 0.2) is 0 Å². The van der Waals surface area contributed by atoms with Crippen LogP contribution in [0, 0.1) is 11.8 Å². The number of hydrogen-bond donors (Lipinski definition) is 0. The second-order valence-electron chi connectivity index (χ2n) is 4.37. The number of hydrogen-bond acceptors (Lipinski definition) is 1. The molecule has 1 aliphatic rings. The second kappa shape index (κ2) is 4.64. The molecule has 2 heteroatoms. The Morgan fingerprint density at radius 2 is 2.08 bits per heavy atom. The first-order chi connectivity index (χ1) is 6.15. The highest BCUT2D eigenvalue weighted by atomic mass is 16.2. The first-order valence-corrected chi connectivity index (χ1v) is 5.44. The molecule has 0 aliphatic heterocycles. The van der Waals surface area contributed by atoms with Gasteiger partial charge in [0.25, 0.3) is 0 Å². The van der Waals surface area contributed by atoms with Crippen LogP contribution in [0.2, 0.25) is 0 Å². The predicted octanol–water partition coefficient (Wildman–Crippen LogP) is 2.29. The van der Waals surface area contributed by atoms with Crippen molar-refractivity contribution in [1.29, 1.82) is 0 Å². The number of carbonyl (C=O) groups excluding carboxylic acids is 1. The Balaban J connectivity index is 2.28. The molecular formula is C11H21NO. The van der Waals surface area contributed by atoms with Gasteiger partial charge >= 0.3 is 0 Å². The number of nitrogens with zero attached hydrogens (tertiary/aromatic N) is 1. The van der Waals surface area contributed by atoms with E-state index in [0.29, 0.717) is 17.7 Å². The number of rotatable bonds is 5. The molecule has 0 atom stereocenters. The van der Waals surface area contributed by atoms with Gasteiger partial charge in [-0.2, -0.15) is 0 Å². The second-order valence-corrected chi connectivity index (χ2v) is 4.37. The van der Waals surface area contributed by atoms with Crippen LogP contribution in [0.4, 0.5) is 0 Å². The third kappa shape index (κ3) is 3.37. The Bertz CT molecular complexity index is 173. The maximum absolute atomic E-state index is 11.7. The summed E-state index contributed by atoms with van der Waals surface area (Å²) in [5.41, 5.74) is 0. The first-order valence-electron chi connectivity index (χ1n) is 5.44. The van der Waals surface area contributed by atoms with Gasteiger partial charge in [0.15, 0.2) is 0 Å². The van der Waals surface area contributed by atoms with Crippen molar-refractivity contribution in [2.75, 3.05) is 13.1 Å². The van der Waals surface area contributed by atoms with Gasteiger partial charge < -0.3 is 4.90 Å². The van der Waals surface area contributed by atoms with Crippen LogP contribution < -0.4 is 0 Å². The van der Waals surface area contributed by atoms with E-state index in [9.17, 15) is 4.79 Å². The lowest BCUT2D eigenvalue weighted by atomic mass is 10.1. The molecule has 1 saturated carbocycles. The van der Waals surface area contributed by atoms with Crippen LogP contribution >= 0.6 is 0 Å². The third-order valence-electron chi connectivity index (χ3n) is 2.60. The van der Waals surface area contributed by atoms with Crippen LogP contribution in [-0.2, 0) is 4.79 Å². The number of carbonyl (C=O) groups is 1. The van der Waals surface area contributed by atoms with E-state index in [-0.39, 0.29) is 0 Å². The fourth-order valence-corrected chi connectivity index (χ4v) is 1.43. The maximum atomic E-state index is 11.7. The van der Waals surface area contributed by atoms with Crippen LogP contribution in [0.5, 0.6) is 0 Å². The summed E-state index contributed by atoms with van der Waals surface area (Å²) in [5.74, 6) is 1.47. The van der Waals surface area contributed by atoms with E-state index in [1.807, 2.05) is 4.90 Å². The van der Waals surface area contributed by atoms with E-state index in [1.54, 1.807) is 0 Å². The Morgan fingerprint density at radius 1 is 1.46 bits per heavy atom. The van der Waals surface area contributed by atoms with Gasteiger partial charge in [0.1, 0.15) is 0 Å². The molecule has 0 aromatic rings. The zero-order valence-electron chi connectivity index (χ0n) is 9.05. The van der Waals surface area contributed by atoms with E-state index < -0.39 is 0 Å². The zero-order chi connectivity index (χ0) is 9.84. The normalized spacial score (nSPS) is 16.3. The molecule has 0 bridgehead atoms. The highest BCUT2D eigenvalue weighted by Crippen LogP contribution is 2.31. The van der Waals surface area contributed by atoms with Gasteiger partial charge in [-0.1, -0.05) is 13.8 Å². The summed E-state index contributed by atoms with van der Waals surface area (Å²) in [7, 11) is 0.